The maximum absolute atomic E-state index is 12.3. The van der Waals surface area contributed by atoms with Gasteiger partial charge in [-0.2, -0.15) is 0 Å². The molecule has 0 radical (unpaired) electrons. The Bertz CT molecular complexity index is 409. The number of rotatable bonds is 6. The standard InChI is InChI=1S/C17H28N2O/c1-17(2,3)14(12-13-18)10-11-16(20)19(4)15-8-6-5-7-9-15/h5-9,14H,10-13,18H2,1-4H3. The molecule has 2 N–H and O–H groups in total. The summed E-state index contributed by atoms with van der Waals surface area (Å²) in [6.45, 7) is 7.35. The molecule has 0 heterocycles. The summed E-state index contributed by atoms with van der Waals surface area (Å²) in [5.41, 5.74) is 6.84. The maximum Gasteiger partial charge on any atom is 0.226 e. The van der Waals surface area contributed by atoms with Crippen molar-refractivity contribution in [2.45, 2.75) is 40.0 Å². The van der Waals surface area contributed by atoms with Gasteiger partial charge in [-0.25, -0.2) is 0 Å². The van der Waals surface area contributed by atoms with Crippen molar-refractivity contribution in [2.75, 3.05) is 18.5 Å². The van der Waals surface area contributed by atoms with Crippen LogP contribution in [0.4, 0.5) is 5.69 Å². The summed E-state index contributed by atoms with van der Waals surface area (Å²) >= 11 is 0. The van der Waals surface area contributed by atoms with Gasteiger partial charge in [-0.3, -0.25) is 4.79 Å². The van der Waals surface area contributed by atoms with Crippen molar-refractivity contribution in [3.05, 3.63) is 30.3 Å². The Hall–Kier alpha value is -1.35. The summed E-state index contributed by atoms with van der Waals surface area (Å²) in [4.78, 5) is 14.0. The molecule has 20 heavy (non-hydrogen) atoms. The van der Waals surface area contributed by atoms with E-state index in [4.69, 9.17) is 5.73 Å². The summed E-state index contributed by atoms with van der Waals surface area (Å²) in [6.07, 6.45) is 2.45. The number of nitrogens with zero attached hydrogens (tertiary/aromatic N) is 1. The molecule has 0 spiro atoms. The number of benzene rings is 1. The molecule has 1 amide bonds. The molecule has 1 atom stereocenters. The minimum absolute atomic E-state index is 0.169. The van der Waals surface area contributed by atoms with Gasteiger partial charge in [0.2, 0.25) is 5.91 Å². The summed E-state index contributed by atoms with van der Waals surface area (Å²) in [5, 5.41) is 0. The van der Waals surface area contributed by atoms with Crippen molar-refractivity contribution in [1.82, 2.24) is 0 Å². The first-order valence-corrected chi connectivity index (χ1v) is 7.38. The number of anilines is 1. The molecule has 1 unspecified atom stereocenters. The lowest BCUT2D eigenvalue weighted by atomic mass is 9.76. The second kappa shape index (κ2) is 7.44. The highest BCUT2D eigenvalue weighted by Gasteiger charge is 2.25. The van der Waals surface area contributed by atoms with Crippen molar-refractivity contribution < 1.29 is 4.79 Å². The average molecular weight is 276 g/mol. The lowest BCUT2D eigenvalue weighted by Gasteiger charge is -2.31. The van der Waals surface area contributed by atoms with E-state index < -0.39 is 0 Å². The SMILES string of the molecule is CN(C(=O)CCC(CCN)C(C)(C)C)c1ccccc1. The van der Waals surface area contributed by atoms with Crippen LogP contribution in [0, 0.1) is 11.3 Å². The highest BCUT2D eigenvalue weighted by Crippen LogP contribution is 2.32. The lowest BCUT2D eigenvalue weighted by Crippen LogP contribution is -2.29. The van der Waals surface area contributed by atoms with E-state index in [9.17, 15) is 4.79 Å². The van der Waals surface area contributed by atoms with Gasteiger partial charge in [-0.05, 0) is 42.9 Å². The minimum Gasteiger partial charge on any atom is -0.330 e. The molecule has 0 aliphatic rings. The number of hydrogen-bond donors (Lipinski definition) is 1. The van der Waals surface area contributed by atoms with Crippen molar-refractivity contribution in [3.8, 4) is 0 Å². The Morgan fingerprint density at radius 3 is 2.30 bits per heavy atom. The van der Waals surface area contributed by atoms with E-state index in [2.05, 4.69) is 20.8 Å². The summed E-state index contributed by atoms with van der Waals surface area (Å²) in [7, 11) is 1.84. The minimum atomic E-state index is 0.169. The van der Waals surface area contributed by atoms with Crippen LogP contribution in [0.25, 0.3) is 0 Å². The van der Waals surface area contributed by atoms with Gasteiger partial charge in [-0.1, -0.05) is 39.0 Å². The Morgan fingerprint density at radius 2 is 1.80 bits per heavy atom. The van der Waals surface area contributed by atoms with Crippen LogP contribution in [0.15, 0.2) is 30.3 Å². The van der Waals surface area contributed by atoms with Gasteiger partial charge in [0.15, 0.2) is 0 Å². The van der Waals surface area contributed by atoms with Gasteiger partial charge in [-0.15, -0.1) is 0 Å². The van der Waals surface area contributed by atoms with Gasteiger partial charge < -0.3 is 10.6 Å². The Kier molecular flexibility index (Phi) is 6.21. The van der Waals surface area contributed by atoms with E-state index >= 15 is 0 Å². The molecule has 0 saturated carbocycles. The number of hydrogen-bond acceptors (Lipinski definition) is 2. The molecule has 0 aliphatic heterocycles. The molecule has 1 rings (SSSR count). The highest BCUT2D eigenvalue weighted by atomic mass is 16.2. The van der Waals surface area contributed by atoms with Gasteiger partial charge in [0.1, 0.15) is 0 Å². The Balaban J connectivity index is 2.57. The first kappa shape index (κ1) is 16.7. The second-order valence-corrected chi connectivity index (χ2v) is 6.47. The van der Waals surface area contributed by atoms with Crippen molar-refractivity contribution in [3.63, 3.8) is 0 Å². The van der Waals surface area contributed by atoms with E-state index in [-0.39, 0.29) is 11.3 Å². The summed E-state index contributed by atoms with van der Waals surface area (Å²) in [5.74, 6) is 0.656. The lowest BCUT2D eigenvalue weighted by molar-refractivity contribution is -0.118. The number of carbonyl (C=O) groups excluding carboxylic acids is 1. The van der Waals surface area contributed by atoms with Gasteiger partial charge >= 0.3 is 0 Å². The topological polar surface area (TPSA) is 46.3 Å². The van der Waals surface area contributed by atoms with Crippen molar-refractivity contribution in [1.29, 1.82) is 0 Å². The monoisotopic (exact) mass is 276 g/mol. The quantitative estimate of drug-likeness (QED) is 0.865. The molecule has 3 nitrogen and oxygen atoms in total. The van der Waals surface area contributed by atoms with Crippen LogP contribution >= 0.6 is 0 Å². The van der Waals surface area contributed by atoms with Gasteiger partial charge in [0, 0.05) is 19.2 Å². The smallest absolute Gasteiger partial charge is 0.226 e. The van der Waals surface area contributed by atoms with Crippen LogP contribution in [0.3, 0.4) is 0 Å². The predicted octanol–water partition coefficient (Wildman–Crippen LogP) is 3.44. The van der Waals surface area contributed by atoms with Crippen LogP contribution in [0.5, 0.6) is 0 Å². The maximum atomic E-state index is 12.3. The number of amides is 1. The van der Waals surface area contributed by atoms with Crippen molar-refractivity contribution >= 4 is 11.6 Å². The number of para-hydroxylation sites is 1. The predicted molar refractivity (Wildman–Crippen MR) is 85.7 cm³/mol. The first-order chi connectivity index (χ1) is 9.36. The normalized spacial score (nSPS) is 13.1. The van der Waals surface area contributed by atoms with Crippen LogP contribution < -0.4 is 10.6 Å². The van der Waals surface area contributed by atoms with E-state index in [1.165, 1.54) is 0 Å². The van der Waals surface area contributed by atoms with E-state index in [0.29, 0.717) is 18.9 Å². The number of nitrogens with two attached hydrogens (primary N) is 1. The van der Waals surface area contributed by atoms with Crippen LogP contribution in [-0.2, 0) is 4.79 Å². The van der Waals surface area contributed by atoms with Crippen LogP contribution in [0.1, 0.15) is 40.0 Å². The average Bonchev–Trinajstić information content (AvgIpc) is 2.42. The molecule has 1 aromatic carbocycles. The second-order valence-electron chi connectivity index (χ2n) is 6.47. The Morgan fingerprint density at radius 1 is 1.20 bits per heavy atom. The zero-order valence-electron chi connectivity index (χ0n) is 13.2. The van der Waals surface area contributed by atoms with E-state index in [0.717, 1.165) is 18.5 Å². The molecule has 0 aliphatic carbocycles. The molecule has 1 aromatic rings. The Labute approximate surface area is 123 Å². The van der Waals surface area contributed by atoms with E-state index in [1.807, 2.05) is 37.4 Å². The third kappa shape index (κ3) is 4.97. The van der Waals surface area contributed by atoms with E-state index in [1.54, 1.807) is 4.90 Å². The molecular formula is C17H28N2O. The van der Waals surface area contributed by atoms with Gasteiger partial charge in [0.25, 0.3) is 0 Å². The van der Waals surface area contributed by atoms with Crippen LogP contribution in [-0.4, -0.2) is 19.5 Å². The zero-order valence-corrected chi connectivity index (χ0v) is 13.2. The fourth-order valence-corrected chi connectivity index (χ4v) is 2.47. The van der Waals surface area contributed by atoms with Crippen molar-refractivity contribution in [2.24, 2.45) is 17.1 Å². The zero-order chi connectivity index (χ0) is 15.2. The third-order valence-electron chi connectivity index (χ3n) is 3.96. The summed E-state index contributed by atoms with van der Waals surface area (Å²) < 4.78 is 0. The number of carbonyl (C=O) groups is 1. The third-order valence-corrected chi connectivity index (χ3v) is 3.96. The first-order valence-electron chi connectivity index (χ1n) is 7.38. The van der Waals surface area contributed by atoms with Crippen LogP contribution in [0.2, 0.25) is 0 Å². The molecule has 0 fully saturated rings. The molecule has 0 bridgehead atoms. The molecule has 112 valence electrons. The fourth-order valence-electron chi connectivity index (χ4n) is 2.47. The molecule has 3 heteroatoms. The fraction of sp³-hybridized carbons (Fsp3) is 0.588. The highest BCUT2D eigenvalue weighted by molar-refractivity contribution is 5.92. The molecule has 0 saturated heterocycles. The summed E-state index contributed by atoms with van der Waals surface area (Å²) in [6, 6.07) is 9.77. The van der Waals surface area contributed by atoms with Gasteiger partial charge in [0.05, 0.1) is 0 Å². The largest absolute Gasteiger partial charge is 0.330 e. The molecule has 0 aromatic heterocycles. The molecular weight excluding hydrogens is 248 g/mol.